The fourth-order valence-corrected chi connectivity index (χ4v) is 3.14. The molecule has 2 fully saturated rings. The van der Waals surface area contributed by atoms with Crippen LogP contribution in [-0.2, 0) is 15.1 Å². The summed E-state index contributed by atoms with van der Waals surface area (Å²) < 4.78 is 21.3. The fraction of sp³-hybridized carbons (Fsp3) is 0.714. The van der Waals surface area contributed by atoms with Gasteiger partial charge in [-0.05, 0) is 12.3 Å². The molecule has 0 aromatic carbocycles. The molecule has 4 atom stereocenters. The van der Waals surface area contributed by atoms with Crippen molar-refractivity contribution in [1.29, 1.82) is 0 Å². The third-order valence-electron chi connectivity index (χ3n) is 2.88. The van der Waals surface area contributed by atoms with Crippen LogP contribution in [-0.4, -0.2) is 30.4 Å². The number of carboxylic acid groups (broad SMARTS) is 1. The summed E-state index contributed by atoms with van der Waals surface area (Å²) >= 11 is 0. The topological polar surface area (TPSA) is 97.5 Å². The maximum Gasteiger partial charge on any atom is 0.307 e. The first-order chi connectivity index (χ1) is 6.04. The molecule has 6 heteroatoms. The zero-order valence-electron chi connectivity index (χ0n) is 6.67. The first kappa shape index (κ1) is 8.71. The number of carbonyl (C=O) groups is 1. The van der Waals surface area contributed by atoms with E-state index in [2.05, 4.69) is 0 Å². The van der Waals surface area contributed by atoms with Gasteiger partial charge < -0.3 is 10.8 Å². The van der Waals surface area contributed by atoms with E-state index < -0.39 is 22.2 Å². The van der Waals surface area contributed by atoms with Crippen LogP contribution in [0.15, 0.2) is 0 Å². The van der Waals surface area contributed by atoms with Gasteiger partial charge >= 0.3 is 5.97 Å². The van der Waals surface area contributed by atoms with E-state index in [1.807, 2.05) is 0 Å². The van der Waals surface area contributed by atoms with Crippen LogP contribution >= 0.6 is 0 Å². The number of aliphatic carboxylic acids is 1. The van der Waals surface area contributed by atoms with Crippen molar-refractivity contribution >= 4 is 21.1 Å². The monoisotopic (exact) mass is 203 g/mol. The van der Waals surface area contributed by atoms with Gasteiger partial charge in [-0.3, -0.25) is 4.79 Å². The van der Waals surface area contributed by atoms with Crippen molar-refractivity contribution in [1.82, 2.24) is 0 Å². The molecular weight excluding hydrogens is 194 g/mol. The minimum Gasteiger partial charge on any atom is -0.481 e. The van der Waals surface area contributed by atoms with Gasteiger partial charge in [-0.25, -0.2) is 0 Å². The fourth-order valence-electron chi connectivity index (χ4n) is 2.28. The zero-order chi connectivity index (χ0) is 9.75. The van der Waals surface area contributed by atoms with E-state index in [9.17, 15) is 13.2 Å². The molecular formula is C7H9NO4S. The second-order valence-electron chi connectivity index (χ2n) is 3.54. The Hall–Kier alpha value is -0.880. The van der Waals surface area contributed by atoms with Crippen LogP contribution in [0.5, 0.6) is 0 Å². The van der Waals surface area contributed by atoms with E-state index in [0.717, 1.165) is 0 Å². The van der Waals surface area contributed by atoms with Crippen LogP contribution < -0.4 is 5.73 Å². The van der Waals surface area contributed by atoms with Gasteiger partial charge in [-0.2, -0.15) is 8.42 Å². The van der Waals surface area contributed by atoms with Gasteiger partial charge in [0.25, 0.3) is 0 Å². The van der Waals surface area contributed by atoms with Gasteiger partial charge in [-0.1, -0.05) is 0 Å². The van der Waals surface area contributed by atoms with Gasteiger partial charge in [0.15, 0.2) is 0 Å². The molecule has 3 N–H and O–H groups in total. The highest BCUT2D eigenvalue weighted by Crippen LogP contribution is 2.55. The normalized spacial score (nSPS) is 41.5. The Morgan fingerprint density at radius 1 is 1.54 bits per heavy atom. The van der Waals surface area contributed by atoms with E-state index in [-0.39, 0.29) is 17.9 Å². The number of nitrogens with two attached hydrogens (primary N) is 1. The summed E-state index contributed by atoms with van der Waals surface area (Å²) in [4.78, 5) is 10.9. The smallest absolute Gasteiger partial charge is 0.307 e. The minimum atomic E-state index is -2.26. The molecule has 0 aliphatic heterocycles. The molecule has 0 saturated heterocycles. The number of hydrogen-bond donors (Lipinski definition) is 2. The van der Waals surface area contributed by atoms with Crippen molar-refractivity contribution in [2.75, 3.05) is 0 Å². The quantitative estimate of drug-likeness (QED) is 0.517. The standard InChI is InChI=1S/C7H9NO4S/c8-2-1-3(13(11)12)5-4(2)6(5)7(9)10/h2,4-6H,1,8H2,(H,9,10). The number of rotatable bonds is 1. The van der Waals surface area contributed by atoms with Crippen LogP contribution in [0.1, 0.15) is 6.42 Å². The highest BCUT2D eigenvalue weighted by Gasteiger charge is 2.64. The van der Waals surface area contributed by atoms with E-state index in [4.69, 9.17) is 10.8 Å². The van der Waals surface area contributed by atoms with Crippen molar-refractivity contribution in [2.24, 2.45) is 23.5 Å². The predicted molar refractivity (Wildman–Crippen MR) is 44.6 cm³/mol. The molecule has 0 bridgehead atoms. The molecule has 0 heterocycles. The molecule has 0 aromatic rings. The summed E-state index contributed by atoms with van der Waals surface area (Å²) in [5.41, 5.74) is 5.62. The number of carboxylic acids is 1. The first-order valence-corrected chi connectivity index (χ1v) is 5.05. The Kier molecular flexibility index (Phi) is 1.71. The first-order valence-electron chi connectivity index (χ1n) is 3.97. The van der Waals surface area contributed by atoms with E-state index in [1.54, 1.807) is 0 Å². The van der Waals surface area contributed by atoms with Crippen LogP contribution in [0.25, 0.3) is 0 Å². The molecule has 2 rings (SSSR count). The number of fused-ring (bicyclic) bond motifs is 1. The average Bonchev–Trinajstić information content (AvgIpc) is 2.66. The van der Waals surface area contributed by atoms with Crippen LogP contribution in [0.3, 0.4) is 0 Å². The molecule has 2 aliphatic rings. The molecule has 13 heavy (non-hydrogen) atoms. The predicted octanol–water partition coefficient (Wildman–Crippen LogP) is -1.28. The zero-order valence-corrected chi connectivity index (χ0v) is 7.49. The Bertz CT molecular complexity index is 391. The van der Waals surface area contributed by atoms with Gasteiger partial charge in [0.05, 0.1) is 10.8 Å². The highest BCUT2D eigenvalue weighted by atomic mass is 32.2. The Morgan fingerprint density at radius 2 is 2.15 bits per heavy atom. The Morgan fingerprint density at radius 3 is 2.54 bits per heavy atom. The summed E-state index contributed by atoms with van der Waals surface area (Å²) in [6, 6.07) is -0.293. The van der Waals surface area contributed by atoms with Crippen LogP contribution in [0, 0.1) is 17.8 Å². The van der Waals surface area contributed by atoms with Crippen molar-refractivity contribution in [3.63, 3.8) is 0 Å². The lowest BCUT2D eigenvalue weighted by molar-refractivity contribution is -0.139. The molecule has 72 valence electrons. The van der Waals surface area contributed by atoms with Crippen molar-refractivity contribution in [3.8, 4) is 0 Å². The summed E-state index contributed by atoms with van der Waals surface area (Å²) in [6.45, 7) is 0. The molecule has 2 aliphatic carbocycles. The SMILES string of the molecule is NC1CC(=S(=O)=O)C2C(C(=O)O)C12. The highest BCUT2D eigenvalue weighted by molar-refractivity contribution is 7.73. The Balaban J connectivity index is 2.34. The van der Waals surface area contributed by atoms with Gasteiger partial charge in [0.1, 0.15) is 0 Å². The second-order valence-corrected chi connectivity index (χ2v) is 4.53. The third kappa shape index (κ3) is 1.09. The molecule has 5 nitrogen and oxygen atoms in total. The van der Waals surface area contributed by atoms with Crippen molar-refractivity contribution in [3.05, 3.63) is 0 Å². The molecule has 2 saturated carbocycles. The van der Waals surface area contributed by atoms with Gasteiger partial charge in [0, 0.05) is 12.0 Å². The summed E-state index contributed by atoms with van der Waals surface area (Å²) in [7, 11) is -2.26. The van der Waals surface area contributed by atoms with Crippen molar-refractivity contribution < 1.29 is 18.3 Å². The average molecular weight is 203 g/mol. The maximum atomic E-state index is 10.7. The third-order valence-corrected chi connectivity index (χ3v) is 3.74. The van der Waals surface area contributed by atoms with Gasteiger partial charge in [0.2, 0.25) is 10.3 Å². The van der Waals surface area contributed by atoms with E-state index in [0.29, 0.717) is 11.3 Å². The van der Waals surface area contributed by atoms with Crippen LogP contribution in [0.2, 0.25) is 0 Å². The molecule has 0 amide bonds. The summed E-state index contributed by atoms with van der Waals surface area (Å²) in [5, 5.41) is 8.71. The largest absolute Gasteiger partial charge is 0.481 e. The lowest BCUT2D eigenvalue weighted by Gasteiger charge is -2.04. The molecule has 4 unspecified atom stereocenters. The lowest BCUT2D eigenvalue weighted by atomic mass is 10.1. The molecule has 0 aromatic heterocycles. The molecule has 0 spiro atoms. The van der Waals surface area contributed by atoms with Crippen LogP contribution in [0.4, 0.5) is 0 Å². The summed E-state index contributed by atoms with van der Waals surface area (Å²) in [6.07, 6.45) is 0.329. The molecule has 0 radical (unpaired) electrons. The Labute approximate surface area is 76.1 Å². The number of hydrogen-bond acceptors (Lipinski definition) is 4. The van der Waals surface area contributed by atoms with Gasteiger partial charge in [-0.15, -0.1) is 0 Å². The minimum absolute atomic E-state index is 0.148. The lowest BCUT2D eigenvalue weighted by Crippen LogP contribution is -2.25. The van der Waals surface area contributed by atoms with Crippen molar-refractivity contribution in [2.45, 2.75) is 12.5 Å². The maximum absolute atomic E-state index is 10.7. The van der Waals surface area contributed by atoms with E-state index in [1.165, 1.54) is 0 Å². The van der Waals surface area contributed by atoms with E-state index >= 15 is 0 Å². The second kappa shape index (κ2) is 2.55. The summed E-state index contributed by atoms with van der Waals surface area (Å²) in [5.74, 6) is -1.96.